The smallest absolute Gasteiger partial charge is 0.244 e. The SMILES string of the molecule is Nc1ncc2c(n1)N(C1CCCC1)C(=O)[C@]1(CCNC1=O)C2. The van der Waals surface area contributed by atoms with E-state index in [0.29, 0.717) is 25.2 Å². The van der Waals surface area contributed by atoms with E-state index in [2.05, 4.69) is 15.3 Å². The Morgan fingerprint density at radius 1 is 1.32 bits per heavy atom. The molecular weight excluding hydrogens is 282 g/mol. The largest absolute Gasteiger partial charge is 0.368 e. The molecule has 3 aliphatic rings. The molecule has 1 saturated heterocycles. The molecule has 1 atom stereocenters. The molecule has 3 heterocycles. The maximum atomic E-state index is 13.2. The predicted octanol–water partition coefficient (Wildman–Crippen LogP) is 0.397. The third-order valence-corrected chi connectivity index (χ3v) is 5.17. The Balaban J connectivity index is 1.85. The number of rotatable bonds is 1. The second-order valence-corrected chi connectivity index (χ2v) is 6.46. The molecule has 2 amide bonds. The second-order valence-electron chi connectivity index (χ2n) is 6.46. The number of nitrogen functional groups attached to an aromatic ring is 1. The molecule has 2 aliphatic heterocycles. The third kappa shape index (κ3) is 1.74. The van der Waals surface area contributed by atoms with Crippen molar-refractivity contribution in [3.63, 3.8) is 0 Å². The number of amides is 2. The second kappa shape index (κ2) is 4.66. The lowest BCUT2D eigenvalue weighted by atomic mass is 9.76. The quantitative estimate of drug-likeness (QED) is 0.731. The van der Waals surface area contributed by atoms with Crippen molar-refractivity contribution in [2.75, 3.05) is 17.2 Å². The van der Waals surface area contributed by atoms with Gasteiger partial charge in [-0.15, -0.1) is 0 Å². The first-order valence-electron chi connectivity index (χ1n) is 7.85. The van der Waals surface area contributed by atoms with Crippen LogP contribution in [0.5, 0.6) is 0 Å². The molecule has 3 N–H and O–H groups in total. The fourth-order valence-electron chi connectivity index (χ4n) is 4.02. The van der Waals surface area contributed by atoms with Crippen LogP contribution in [0.2, 0.25) is 0 Å². The van der Waals surface area contributed by atoms with E-state index < -0.39 is 5.41 Å². The summed E-state index contributed by atoms with van der Waals surface area (Å²) in [6.45, 7) is 0.550. The molecule has 0 unspecified atom stereocenters. The molecule has 1 saturated carbocycles. The van der Waals surface area contributed by atoms with Gasteiger partial charge in [-0.05, 0) is 19.3 Å². The Labute approximate surface area is 128 Å². The number of aromatic nitrogens is 2. The Morgan fingerprint density at radius 2 is 2.09 bits per heavy atom. The first-order chi connectivity index (χ1) is 10.6. The van der Waals surface area contributed by atoms with Crippen LogP contribution >= 0.6 is 0 Å². The van der Waals surface area contributed by atoms with Crippen LogP contribution in [0.1, 0.15) is 37.7 Å². The number of carbonyl (C=O) groups is 2. The molecule has 7 nitrogen and oxygen atoms in total. The maximum absolute atomic E-state index is 13.2. The van der Waals surface area contributed by atoms with Crippen LogP contribution in [0.25, 0.3) is 0 Å². The number of hydrogen-bond acceptors (Lipinski definition) is 5. The normalized spacial score (nSPS) is 28.3. The standard InChI is InChI=1S/C15H19N5O2/c16-14-18-8-9-7-15(5-6-17-12(15)21)13(22)20(11(9)19-14)10-3-1-2-4-10/h8,10H,1-7H2,(H,17,21)(H2,16,18,19)/t15-/m1/s1. The van der Waals surface area contributed by atoms with Gasteiger partial charge in [0.1, 0.15) is 11.2 Å². The van der Waals surface area contributed by atoms with E-state index in [9.17, 15) is 9.59 Å². The Morgan fingerprint density at radius 3 is 2.77 bits per heavy atom. The molecule has 116 valence electrons. The van der Waals surface area contributed by atoms with E-state index in [1.54, 1.807) is 11.1 Å². The zero-order valence-electron chi connectivity index (χ0n) is 12.3. The molecule has 0 radical (unpaired) electrons. The molecule has 1 aromatic heterocycles. The highest BCUT2D eigenvalue weighted by molar-refractivity contribution is 6.14. The third-order valence-electron chi connectivity index (χ3n) is 5.17. The first kappa shape index (κ1) is 13.5. The lowest BCUT2D eigenvalue weighted by Gasteiger charge is -2.40. The van der Waals surface area contributed by atoms with E-state index >= 15 is 0 Å². The minimum atomic E-state index is -0.977. The number of carbonyl (C=O) groups excluding carboxylic acids is 2. The Bertz CT molecular complexity index is 655. The molecular formula is C15H19N5O2. The minimum Gasteiger partial charge on any atom is -0.368 e. The summed E-state index contributed by atoms with van der Waals surface area (Å²) in [5.41, 5.74) is 5.59. The summed E-state index contributed by atoms with van der Waals surface area (Å²) in [4.78, 5) is 35.7. The summed E-state index contributed by atoms with van der Waals surface area (Å²) >= 11 is 0. The van der Waals surface area contributed by atoms with Crippen molar-refractivity contribution < 1.29 is 9.59 Å². The van der Waals surface area contributed by atoms with Crippen molar-refractivity contribution in [1.29, 1.82) is 0 Å². The highest BCUT2D eigenvalue weighted by atomic mass is 16.2. The molecule has 1 spiro atoms. The molecule has 4 rings (SSSR count). The molecule has 0 bridgehead atoms. The lowest BCUT2D eigenvalue weighted by Crippen LogP contribution is -2.56. The topological polar surface area (TPSA) is 101 Å². The summed E-state index contributed by atoms with van der Waals surface area (Å²) in [6, 6.07) is 0.117. The van der Waals surface area contributed by atoms with Gasteiger partial charge in [-0.3, -0.25) is 14.5 Å². The van der Waals surface area contributed by atoms with Crippen LogP contribution in [0.15, 0.2) is 6.20 Å². The highest BCUT2D eigenvalue weighted by Crippen LogP contribution is 2.43. The van der Waals surface area contributed by atoms with Crippen molar-refractivity contribution in [2.45, 2.75) is 44.6 Å². The number of hydrogen-bond donors (Lipinski definition) is 2. The van der Waals surface area contributed by atoms with Gasteiger partial charge in [0.2, 0.25) is 17.8 Å². The molecule has 2 fully saturated rings. The molecule has 1 aliphatic carbocycles. The van der Waals surface area contributed by atoms with E-state index in [1.165, 1.54) is 0 Å². The number of nitrogens with two attached hydrogens (primary N) is 1. The van der Waals surface area contributed by atoms with Gasteiger partial charge in [0.05, 0.1) is 0 Å². The zero-order valence-corrected chi connectivity index (χ0v) is 12.3. The van der Waals surface area contributed by atoms with Crippen LogP contribution in [-0.4, -0.2) is 34.4 Å². The Kier molecular flexibility index (Phi) is 2.85. The molecule has 22 heavy (non-hydrogen) atoms. The molecule has 0 aromatic carbocycles. The van der Waals surface area contributed by atoms with Gasteiger partial charge in [0.15, 0.2) is 0 Å². The average Bonchev–Trinajstić information content (AvgIpc) is 3.13. The minimum absolute atomic E-state index is 0.111. The van der Waals surface area contributed by atoms with Gasteiger partial charge < -0.3 is 11.1 Å². The fourth-order valence-corrected chi connectivity index (χ4v) is 4.02. The van der Waals surface area contributed by atoms with Crippen LogP contribution in [0, 0.1) is 5.41 Å². The number of fused-ring (bicyclic) bond motifs is 1. The van der Waals surface area contributed by atoms with Crippen molar-refractivity contribution in [3.05, 3.63) is 11.8 Å². The first-order valence-corrected chi connectivity index (χ1v) is 7.85. The van der Waals surface area contributed by atoms with Crippen molar-refractivity contribution in [1.82, 2.24) is 15.3 Å². The monoisotopic (exact) mass is 301 g/mol. The van der Waals surface area contributed by atoms with E-state index in [-0.39, 0.29) is 23.8 Å². The van der Waals surface area contributed by atoms with Crippen molar-refractivity contribution >= 4 is 23.6 Å². The van der Waals surface area contributed by atoms with Gasteiger partial charge in [0, 0.05) is 30.8 Å². The van der Waals surface area contributed by atoms with Crippen molar-refractivity contribution in [2.24, 2.45) is 5.41 Å². The van der Waals surface area contributed by atoms with Gasteiger partial charge in [-0.25, -0.2) is 4.98 Å². The molecule has 1 aromatic rings. The van der Waals surface area contributed by atoms with Gasteiger partial charge in [0.25, 0.3) is 0 Å². The van der Waals surface area contributed by atoms with Crippen molar-refractivity contribution in [3.8, 4) is 0 Å². The predicted molar refractivity (Wildman–Crippen MR) is 80.0 cm³/mol. The highest BCUT2D eigenvalue weighted by Gasteiger charge is 2.56. The fraction of sp³-hybridized carbons (Fsp3) is 0.600. The Hall–Kier alpha value is -2.18. The summed E-state index contributed by atoms with van der Waals surface area (Å²) in [5, 5.41) is 2.81. The number of nitrogens with zero attached hydrogens (tertiary/aromatic N) is 3. The summed E-state index contributed by atoms with van der Waals surface area (Å²) in [5.74, 6) is 0.499. The van der Waals surface area contributed by atoms with Crippen LogP contribution in [0.4, 0.5) is 11.8 Å². The zero-order chi connectivity index (χ0) is 15.3. The van der Waals surface area contributed by atoms with E-state index in [0.717, 1.165) is 31.2 Å². The van der Waals surface area contributed by atoms with Crippen LogP contribution < -0.4 is 16.0 Å². The van der Waals surface area contributed by atoms with Gasteiger partial charge >= 0.3 is 0 Å². The summed E-state index contributed by atoms with van der Waals surface area (Å²) < 4.78 is 0. The summed E-state index contributed by atoms with van der Waals surface area (Å²) in [6.07, 6.45) is 6.68. The average molecular weight is 301 g/mol. The van der Waals surface area contributed by atoms with Gasteiger partial charge in [-0.1, -0.05) is 12.8 Å². The lowest BCUT2D eigenvalue weighted by molar-refractivity contribution is -0.140. The molecule has 7 heteroatoms. The van der Waals surface area contributed by atoms with E-state index in [1.807, 2.05) is 0 Å². The van der Waals surface area contributed by atoms with Gasteiger partial charge in [-0.2, -0.15) is 4.98 Å². The van der Waals surface area contributed by atoms with E-state index in [4.69, 9.17) is 5.73 Å². The summed E-state index contributed by atoms with van der Waals surface area (Å²) in [7, 11) is 0. The maximum Gasteiger partial charge on any atom is 0.244 e. The number of nitrogens with one attached hydrogen (secondary N) is 1. The number of anilines is 2. The van der Waals surface area contributed by atoms with Crippen LogP contribution in [0.3, 0.4) is 0 Å². The van der Waals surface area contributed by atoms with Crippen LogP contribution in [-0.2, 0) is 16.0 Å².